The minimum atomic E-state index is -0.616. The number of amides is 1. The minimum absolute atomic E-state index is 0.0228. The molecule has 2 aromatic carbocycles. The molecular formula is C46H58FN7O6. The Morgan fingerprint density at radius 3 is 2.47 bits per heavy atom. The van der Waals surface area contributed by atoms with Crippen LogP contribution >= 0.6 is 0 Å². The molecule has 3 fully saturated rings. The number of likely N-dealkylation sites (tertiary alicyclic amines) is 1. The number of anilines is 1. The van der Waals surface area contributed by atoms with Crippen molar-refractivity contribution in [1.29, 1.82) is 0 Å². The van der Waals surface area contributed by atoms with Crippen LogP contribution in [-0.4, -0.2) is 105 Å². The van der Waals surface area contributed by atoms with Crippen LogP contribution in [0.2, 0.25) is 0 Å². The van der Waals surface area contributed by atoms with E-state index in [1.54, 1.807) is 18.3 Å². The zero-order chi connectivity index (χ0) is 42.3. The van der Waals surface area contributed by atoms with Crippen molar-refractivity contribution in [2.24, 2.45) is 11.8 Å². The monoisotopic (exact) mass is 823 g/mol. The highest BCUT2D eigenvalue weighted by atomic mass is 19.1. The van der Waals surface area contributed by atoms with Crippen molar-refractivity contribution in [2.75, 3.05) is 50.8 Å². The topological polar surface area (TPSA) is 139 Å². The van der Waals surface area contributed by atoms with Gasteiger partial charge in [-0.2, -0.15) is 9.97 Å². The molecule has 0 radical (unpaired) electrons. The summed E-state index contributed by atoms with van der Waals surface area (Å²) in [7, 11) is 0. The zero-order valence-electron chi connectivity index (χ0n) is 35.9. The van der Waals surface area contributed by atoms with Crippen LogP contribution in [0.3, 0.4) is 0 Å². The molecule has 14 heteroatoms. The van der Waals surface area contributed by atoms with Crippen molar-refractivity contribution >= 4 is 33.6 Å². The normalized spacial score (nSPS) is 19.4. The molecule has 1 amide bonds. The first-order valence-electron chi connectivity index (χ1n) is 21.6. The maximum atomic E-state index is 17.2. The maximum Gasteiger partial charge on any atom is 0.410 e. The van der Waals surface area contributed by atoms with Crippen molar-refractivity contribution in [2.45, 2.75) is 104 Å². The fourth-order valence-electron chi connectivity index (χ4n) is 8.90. The molecular weight excluding hydrogens is 766 g/mol. The summed E-state index contributed by atoms with van der Waals surface area (Å²) in [6.07, 6.45) is 5.65. The van der Waals surface area contributed by atoms with E-state index in [9.17, 15) is 9.90 Å². The molecule has 8 rings (SSSR count). The van der Waals surface area contributed by atoms with Crippen molar-refractivity contribution in [1.82, 2.24) is 29.9 Å². The Hall–Kier alpha value is -5.24. The van der Waals surface area contributed by atoms with E-state index in [1.807, 2.05) is 49.9 Å². The van der Waals surface area contributed by atoms with Gasteiger partial charge in [-0.15, -0.1) is 0 Å². The third-order valence-electron chi connectivity index (χ3n) is 12.5. The van der Waals surface area contributed by atoms with E-state index in [0.29, 0.717) is 67.3 Å². The van der Waals surface area contributed by atoms with Gasteiger partial charge in [-0.05, 0) is 111 Å². The van der Waals surface area contributed by atoms with Gasteiger partial charge < -0.3 is 28.7 Å². The number of aromatic nitrogens is 4. The Balaban J connectivity index is 1.02. The number of aromatic hydroxyl groups is 1. The van der Waals surface area contributed by atoms with Crippen LogP contribution in [0.4, 0.5) is 15.0 Å². The van der Waals surface area contributed by atoms with Crippen LogP contribution in [0.1, 0.15) is 91.4 Å². The van der Waals surface area contributed by atoms with Crippen molar-refractivity contribution in [3.63, 3.8) is 0 Å². The maximum absolute atomic E-state index is 17.2. The number of fused-ring (bicyclic) bond motifs is 4. The van der Waals surface area contributed by atoms with Gasteiger partial charge in [-0.3, -0.25) is 14.8 Å². The number of phenolic OH excluding ortho intramolecular Hbond substituents is 1. The largest absolute Gasteiger partial charge is 0.508 e. The fourth-order valence-corrected chi connectivity index (χ4v) is 8.90. The standard InChI is InChI=1S/C46H58FN7O6/c1-8-30-10-9-11-31-20-34(55)21-35(39(30)31)41-40(47)42-36(23-48-41)43(53-24-32-12-13-33(25-53)54(32)45(56)59-46(5,6)7)50-44(49-42)57-19-18-52-16-14-29(15-17-52)26-58-38-22-37(60-51-38)28(4)27(2)3/h9-11,20-23,27-29,32-33,55H,8,12-19,24-26H2,1-7H3. The highest BCUT2D eigenvalue weighted by Crippen LogP contribution is 2.40. The smallest absolute Gasteiger partial charge is 0.410 e. The molecule has 5 aromatic rings. The van der Waals surface area contributed by atoms with E-state index < -0.39 is 11.4 Å². The Bertz CT molecular complexity index is 2320. The molecule has 3 aromatic heterocycles. The number of aryl methyl sites for hydroxylation is 1. The highest BCUT2D eigenvalue weighted by Gasteiger charge is 2.45. The summed E-state index contributed by atoms with van der Waals surface area (Å²) in [5.41, 5.74) is 1.09. The average Bonchev–Trinajstić information content (AvgIpc) is 3.80. The van der Waals surface area contributed by atoms with E-state index in [2.05, 4.69) is 42.7 Å². The van der Waals surface area contributed by atoms with Gasteiger partial charge in [0.15, 0.2) is 5.82 Å². The van der Waals surface area contributed by atoms with Crippen LogP contribution in [0.15, 0.2) is 47.1 Å². The number of ether oxygens (including phenoxy) is 3. The summed E-state index contributed by atoms with van der Waals surface area (Å²) < 4.78 is 40.8. The Morgan fingerprint density at radius 2 is 1.77 bits per heavy atom. The molecule has 3 unspecified atom stereocenters. The van der Waals surface area contributed by atoms with Crippen LogP contribution in [0, 0.1) is 17.7 Å². The molecule has 1 N–H and O–H groups in total. The van der Waals surface area contributed by atoms with Crippen LogP contribution in [-0.2, 0) is 11.2 Å². The molecule has 60 heavy (non-hydrogen) atoms. The van der Waals surface area contributed by atoms with Gasteiger partial charge in [-0.1, -0.05) is 45.9 Å². The van der Waals surface area contributed by atoms with E-state index in [0.717, 1.165) is 67.3 Å². The molecule has 0 aliphatic carbocycles. The number of carbonyl (C=O) groups excluding carboxylic acids is 1. The first-order chi connectivity index (χ1) is 28.8. The molecule has 0 spiro atoms. The number of piperazine rings is 1. The van der Waals surface area contributed by atoms with Gasteiger partial charge >= 0.3 is 12.1 Å². The first-order valence-corrected chi connectivity index (χ1v) is 21.6. The summed E-state index contributed by atoms with van der Waals surface area (Å²) in [4.78, 5) is 33.9. The number of nitrogens with zero attached hydrogens (tertiary/aromatic N) is 7. The quantitative estimate of drug-likeness (QED) is 0.129. The van der Waals surface area contributed by atoms with Gasteiger partial charge in [0.2, 0.25) is 0 Å². The van der Waals surface area contributed by atoms with E-state index >= 15 is 4.39 Å². The molecule has 0 saturated carbocycles. The van der Waals surface area contributed by atoms with Gasteiger partial charge in [0.1, 0.15) is 40.7 Å². The van der Waals surface area contributed by atoms with Crippen molar-refractivity contribution < 1.29 is 33.0 Å². The lowest BCUT2D eigenvalue weighted by Gasteiger charge is -2.42. The lowest BCUT2D eigenvalue weighted by atomic mass is 9.95. The van der Waals surface area contributed by atoms with Crippen LogP contribution < -0.4 is 14.4 Å². The third-order valence-corrected chi connectivity index (χ3v) is 12.5. The average molecular weight is 824 g/mol. The number of carbonyl (C=O) groups is 1. The first kappa shape index (κ1) is 41.5. The molecule has 6 heterocycles. The molecule has 13 nitrogen and oxygen atoms in total. The summed E-state index contributed by atoms with van der Waals surface area (Å²) in [5, 5.41) is 17.0. The Labute approximate surface area is 351 Å². The van der Waals surface area contributed by atoms with E-state index in [1.165, 1.54) is 0 Å². The van der Waals surface area contributed by atoms with Crippen LogP contribution in [0.25, 0.3) is 32.9 Å². The van der Waals surface area contributed by atoms with E-state index in [-0.39, 0.29) is 47.1 Å². The minimum Gasteiger partial charge on any atom is -0.508 e. The molecule has 3 saturated heterocycles. The number of phenols is 1. The van der Waals surface area contributed by atoms with E-state index in [4.69, 9.17) is 33.7 Å². The Morgan fingerprint density at radius 1 is 1.02 bits per heavy atom. The summed E-state index contributed by atoms with van der Waals surface area (Å²) in [6.45, 7) is 18.5. The summed E-state index contributed by atoms with van der Waals surface area (Å²) in [6, 6.07) is 10.9. The Kier molecular flexibility index (Phi) is 11.8. The molecule has 3 atom stereocenters. The molecule has 2 bridgehead atoms. The number of hydrogen-bond donors (Lipinski definition) is 1. The number of halogens is 1. The zero-order valence-corrected chi connectivity index (χ0v) is 35.9. The number of pyridine rings is 1. The highest BCUT2D eigenvalue weighted by molar-refractivity contribution is 6.01. The number of rotatable bonds is 12. The third kappa shape index (κ3) is 8.66. The lowest BCUT2D eigenvalue weighted by Crippen LogP contribution is -2.57. The second kappa shape index (κ2) is 17.0. The number of benzene rings is 2. The van der Waals surface area contributed by atoms with Gasteiger partial charge in [0.05, 0.1) is 24.1 Å². The number of piperidine rings is 1. The molecule has 3 aliphatic heterocycles. The van der Waals surface area contributed by atoms with Crippen molar-refractivity contribution in [3.05, 3.63) is 59.7 Å². The fraction of sp³-hybridized carbons (Fsp3) is 0.543. The van der Waals surface area contributed by atoms with Crippen molar-refractivity contribution in [3.8, 4) is 28.9 Å². The van der Waals surface area contributed by atoms with Gasteiger partial charge in [0, 0.05) is 43.4 Å². The van der Waals surface area contributed by atoms with Gasteiger partial charge in [-0.25, -0.2) is 9.18 Å². The van der Waals surface area contributed by atoms with Gasteiger partial charge in [0.25, 0.3) is 5.88 Å². The predicted molar refractivity (Wildman–Crippen MR) is 228 cm³/mol. The van der Waals surface area contributed by atoms with Crippen LogP contribution in [0.5, 0.6) is 17.6 Å². The lowest BCUT2D eigenvalue weighted by molar-refractivity contribution is 0.0122. The summed E-state index contributed by atoms with van der Waals surface area (Å²) >= 11 is 0. The second-order valence-electron chi connectivity index (χ2n) is 18.1. The number of hydrogen-bond acceptors (Lipinski definition) is 12. The molecule has 3 aliphatic rings. The second-order valence-corrected chi connectivity index (χ2v) is 18.1. The predicted octanol–water partition coefficient (Wildman–Crippen LogP) is 8.76. The molecule has 320 valence electrons. The summed E-state index contributed by atoms with van der Waals surface area (Å²) in [5.74, 6) is 2.45. The SMILES string of the molecule is CCc1cccc2cc(O)cc(-c3ncc4c(N5CC6CCC(C5)N6C(=O)OC(C)(C)C)nc(OCCN5CCC(COc6cc(C(C)C(C)C)on6)CC5)nc4c3F)c12.